The highest BCUT2D eigenvalue weighted by Gasteiger charge is 1.97. The van der Waals surface area contributed by atoms with Crippen LogP contribution in [0.3, 0.4) is 0 Å². The Hall–Kier alpha value is -1.22. The van der Waals surface area contributed by atoms with Gasteiger partial charge in [-0.3, -0.25) is 0 Å². The lowest BCUT2D eigenvalue weighted by molar-refractivity contribution is 0.615. The molecule has 0 saturated heterocycles. The van der Waals surface area contributed by atoms with Crippen molar-refractivity contribution in [3.8, 4) is 0 Å². The van der Waals surface area contributed by atoms with Crippen LogP contribution in [-0.4, -0.2) is 12.5 Å². The van der Waals surface area contributed by atoms with Crippen molar-refractivity contribution >= 4 is 18.6 Å². The molecule has 3 heteroatoms. The molecule has 18 heavy (non-hydrogen) atoms. The number of rotatable bonds is 7. The molecule has 0 bridgehead atoms. The highest BCUT2D eigenvalue weighted by atomic mass is 16.2. The third-order valence-corrected chi connectivity index (χ3v) is 2.54. The molecule has 100 valence electrons. The fourth-order valence-corrected chi connectivity index (χ4v) is 1.55. The van der Waals surface area contributed by atoms with Crippen LogP contribution < -0.4 is 10.8 Å². The van der Waals surface area contributed by atoms with Crippen LogP contribution in [-0.2, 0) is 0 Å². The summed E-state index contributed by atoms with van der Waals surface area (Å²) in [5, 5.41) is 12.2. The van der Waals surface area contributed by atoms with Gasteiger partial charge in [0.25, 0.3) is 0 Å². The molecular weight excluding hydrogens is 221 g/mol. The van der Waals surface area contributed by atoms with Gasteiger partial charge in [-0.15, -0.1) is 0 Å². The molecule has 0 aromatic heterocycles. The lowest BCUT2D eigenvalue weighted by Crippen LogP contribution is -2.12. The largest absolute Gasteiger partial charge is 0.449 e. The van der Waals surface area contributed by atoms with Gasteiger partial charge in [0, 0.05) is 11.4 Å². The summed E-state index contributed by atoms with van der Waals surface area (Å²) in [6.45, 7) is 10.2. The van der Waals surface area contributed by atoms with Crippen molar-refractivity contribution < 1.29 is 5.02 Å². The van der Waals surface area contributed by atoms with Gasteiger partial charge < -0.3 is 10.3 Å². The van der Waals surface area contributed by atoms with Gasteiger partial charge in [-0.05, 0) is 25.0 Å². The van der Waals surface area contributed by atoms with E-state index in [1.807, 2.05) is 38.1 Å². The zero-order valence-corrected chi connectivity index (χ0v) is 12.0. The average molecular weight is 247 g/mol. The number of hydrogen-bond donors (Lipinski definition) is 2. The van der Waals surface area contributed by atoms with Crippen molar-refractivity contribution in [1.29, 1.82) is 0 Å². The summed E-state index contributed by atoms with van der Waals surface area (Å²) in [6.07, 6.45) is 4.70. The van der Waals surface area contributed by atoms with E-state index < -0.39 is 0 Å². The third kappa shape index (κ3) is 7.18. The van der Waals surface area contributed by atoms with Crippen LogP contribution in [0.25, 0.3) is 0 Å². The molecule has 0 heterocycles. The third-order valence-electron chi connectivity index (χ3n) is 2.54. The summed E-state index contributed by atoms with van der Waals surface area (Å²) in [7, 11) is 0.0950. The number of anilines is 1. The van der Waals surface area contributed by atoms with Crippen LogP contribution in [0.2, 0.25) is 0 Å². The smallest absolute Gasteiger partial charge is 0.304 e. The topological polar surface area (TPSA) is 32.3 Å². The molecule has 0 aliphatic heterocycles. The van der Waals surface area contributed by atoms with Crippen molar-refractivity contribution in [3.05, 3.63) is 36.5 Å². The summed E-state index contributed by atoms with van der Waals surface area (Å²) in [6, 6.07) is 7.77. The predicted molar refractivity (Wildman–Crippen MR) is 83.7 cm³/mol. The first kappa shape index (κ1) is 16.8. The van der Waals surface area contributed by atoms with E-state index in [0.29, 0.717) is 0 Å². The minimum Gasteiger partial charge on any atom is -0.449 e. The van der Waals surface area contributed by atoms with Crippen LogP contribution in [0, 0.1) is 0 Å². The molecule has 0 fully saturated rings. The maximum Gasteiger partial charge on any atom is 0.304 e. The van der Waals surface area contributed by atoms with Crippen molar-refractivity contribution in [1.82, 2.24) is 0 Å². The molecule has 1 aromatic rings. The van der Waals surface area contributed by atoms with E-state index in [1.165, 1.54) is 19.3 Å². The number of allylic oxidation sites excluding steroid dienone is 1. The summed E-state index contributed by atoms with van der Waals surface area (Å²) in [5.41, 5.74) is 3.03. The summed E-state index contributed by atoms with van der Waals surface area (Å²) in [5.74, 6) is 0. The van der Waals surface area contributed by atoms with Gasteiger partial charge in [0.1, 0.15) is 0 Å². The van der Waals surface area contributed by atoms with Gasteiger partial charge in [0.05, 0.1) is 0 Å². The van der Waals surface area contributed by atoms with E-state index in [-0.39, 0.29) is 7.48 Å². The SMILES string of the molecule is C=C(CCCCC)Nc1ccc(BO)cc1.CC. The van der Waals surface area contributed by atoms with Crippen LogP contribution in [0.4, 0.5) is 5.69 Å². The first-order chi connectivity index (χ1) is 8.76. The van der Waals surface area contributed by atoms with Gasteiger partial charge in [-0.1, -0.05) is 57.8 Å². The number of unbranched alkanes of at least 4 members (excludes halogenated alkanes) is 2. The Labute approximate surface area is 112 Å². The second-order valence-corrected chi connectivity index (χ2v) is 4.04. The van der Waals surface area contributed by atoms with Gasteiger partial charge in [0.2, 0.25) is 0 Å². The molecule has 0 atom stereocenters. The molecule has 0 spiro atoms. The Morgan fingerprint density at radius 3 is 2.33 bits per heavy atom. The lowest BCUT2D eigenvalue weighted by Gasteiger charge is -2.09. The Morgan fingerprint density at radius 1 is 1.22 bits per heavy atom. The average Bonchev–Trinajstić information content (AvgIpc) is 2.42. The predicted octanol–water partition coefficient (Wildman–Crippen LogP) is 3.19. The summed E-state index contributed by atoms with van der Waals surface area (Å²) in [4.78, 5) is 0. The molecule has 2 N–H and O–H groups in total. The molecule has 2 nitrogen and oxygen atoms in total. The molecular formula is C15H26BNO. The number of benzene rings is 1. The summed E-state index contributed by atoms with van der Waals surface area (Å²) < 4.78 is 0. The van der Waals surface area contributed by atoms with Crippen LogP contribution in [0.1, 0.15) is 46.5 Å². The molecule has 1 rings (SSSR count). The van der Waals surface area contributed by atoms with Crippen LogP contribution >= 0.6 is 0 Å². The molecule has 0 aliphatic rings. The second kappa shape index (κ2) is 10.9. The van der Waals surface area contributed by atoms with Crippen LogP contribution in [0.15, 0.2) is 36.5 Å². The second-order valence-electron chi connectivity index (χ2n) is 4.04. The zero-order valence-electron chi connectivity index (χ0n) is 12.0. The Bertz CT molecular complexity index is 322. The molecule has 0 amide bonds. The van der Waals surface area contributed by atoms with Crippen molar-refractivity contribution in [3.63, 3.8) is 0 Å². The molecule has 0 radical (unpaired) electrons. The fraction of sp³-hybridized carbons (Fsp3) is 0.467. The van der Waals surface area contributed by atoms with E-state index in [4.69, 9.17) is 5.02 Å². The van der Waals surface area contributed by atoms with E-state index in [0.717, 1.165) is 23.3 Å². The number of hydrogen-bond acceptors (Lipinski definition) is 2. The van der Waals surface area contributed by atoms with E-state index in [2.05, 4.69) is 18.8 Å². The van der Waals surface area contributed by atoms with Gasteiger partial charge in [-0.2, -0.15) is 0 Å². The Morgan fingerprint density at radius 2 is 1.83 bits per heavy atom. The maximum atomic E-state index is 8.92. The highest BCUT2D eigenvalue weighted by Crippen LogP contribution is 2.12. The first-order valence-corrected chi connectivity index (χ1v) is 6.91. The standard InChI is InChI=1S/C13H20BNO.C2H6/c1-3-4-5-6-11(2)15-13-9-7-12(14-16)8-10-13;1-2/h7-10,14-16H,2-6H2,1H3;1-2H3. The van der Waals surface area contributed by atoms with Crippen LogP contribution in [0.5, 0.6) is 0 Å². The quantitative estimate of drug-likeness (QED) is 0.573. The maximum absolute atomic E-state index is 8.92. The zero-order chi connectivity index (χ0) is 13.8. The van der Waals surface area contributed by atoms with Crippen molar-refractivity contribution in [2.45, 2.75) is 46.5 Å². The molecule has 0 aliphatic carbocycles. The van der Waals surface area contributed by atoms with Gasteiger partial charge in [0.15, 0.2) is 0 Å². The monoisotopic (exact) mass is 247 g/mol. The Kier molecular flexibility index (Phi) is 10.2. The first-order valence-electron chi connectivity index (χ1n) is 6.91. The molecule has 1 aromatic carbocycles. The number of nitrogens with one attached hydrogen (secondary N) is 1. The van der Waals surface area contributed by atoms with E-state index >= 15 is 0 Å². The highest BCUT2D eigenvalue weighted by molar-refractivity contribution is 6.45. The summed E-state index contributed by atoms with van der Waals surface area (Å²) >= 11 is 0. The minimum atomic E-state index is 0.0950. The minimum absolute atomic E-state index is 0.0950. The van der Waals surface area contributed by atoms with Crippen molar-refractivity contribution in [2.24, 2.45) is 0 Å². The van der Waals surface area contributed by atoms with Gasteiger partial charge in [-0.25, -0.2) is 0 Å². The Balaban J connectivity index is 0.00000137. The lowest BCUT2D eigenvalue weighted by atomic mass is 9.89. The fourth-order valence-electron chi connectivity index (χ4n) is 1.55. The van der Waals surface area contributed by atoms with Crippen molar-refractivity contribution in [2.75, 3.05) is 5.32 Å². The van der Waals surface area contributed by atoms with Gasteiger partial charge >= 0.3 is 7.48 Å². The molecule has 0 saturated carbocycles. The molecule has 0 unspecified atom stereocenters. The van der Waals surface area contributed by atoms with E-state index in [1.54, 1.807) is 0 Å². The van der Waals surface area contributed by atoms with E-state index in [9.17, 15) is 0 Å². The normalized spacial score (nSPS) is 9.11.